The summed E-state index contributed by atoms with van der Waals surface area (Å²) in [4.78, 5) is 112. The molecule has 4 amide bonds. The van der Waals surface area contributed by atoms with Crippen LogP contribution in [0.2, 0.25) is 0 Å². The van der Waals surface area contributed by atoms with Gasteiger partial charge in [-0.15, -0.1) is 45.3 Å². The maximum absolute atomic E-state index is 13.2. The molecule has 10 N–H and O–H groups in total. The number of pyridine rings is 3. The number of ketones is 1. The van der Waals surface area contributed by atoms with Crippen LogP contribution in [0.4, 0.5) is 28.8 Å². The molecular formula is C85H103BN16NaO11S4. The van der Waals surface area contributed by atoms with E-state index < -0.39 is 35.4 Å². The van der Waals surface area contributed by atoms with Crippen LogP contribution in [-0.4, -0.2) is 154 Å². The summed E-state index contributed by atoms with van der Waals surface area (Å²) in [5.74, 6) is -1.39. The standard InChI is InChI=1S/2C23H27N5O3S.C15H20N2OS.C15H18N2OS.C9H10N2O3.B.Na.H/c2*1-13-4-6-18(15-5-7-19-17(9-15)27-20(32-19)12-31-3)28(11-13)23(30)22(29)26-16-8-14(2)21(24)25-10-16;2*1-10-3-5-12(16-8-10)11-4-6-14-13(7-11)17-15(19-14)9-18-2;1-5-2-6(4-11-8(5)10)3-7(12)9(13)14;;;/h2*5,7-10,13,18H,4,6,11-12H2,1-3H3,(H2,24,25)(H,26,29);4,6-7,10,12,16H,3,5,8-9H2,1-2H3;4,6-7,10H,3,5,8-9H2,1-2H3;2,4H,3H2,1H3,(H2,10,11)(H,13,14);;;/q;;;;;;+1;-1/t2*13-,18+;10-,12+;;;;;/m101...../s1. The Morgan fingerprint density at radius 1 is 0.508 bits per heavy atom. The number of aliphatic carboxylic acids is 1. The molecule has 7 atom stereocenters. The number of fused-ring (bicyclic) bond motifs is 4. The number of aliphatic imine (C=N–C) groups is 1. The van der Waals surface area contributed by atoms with E-state index in [2.05, 4.69) is 115 Å². The molecule has 0 saturated carbocycles. The fraction of sp³-hybridized carbons (Fsp3) is 0.412. The molecule has 4 aliphatic heterocycles. The van der Waals surface area contributed by atoms with Gasteiger partial charge in [0.2, 0.25) is 5.78 Å². The molecule has 1 unspecified atom stereocenters. The number of likely N-dealkylation sites (tertiary alicyclic amines) is 2. The summed E-state index contributed by atoms with van der Waals surface area (Å²) >= 11 is 6.62. The fourth-order valence-corrected chi connectivity index (χ4v) is 17.9. The minimum Gasteiger partial charge on any atom is -1.00 e. The first-order chi connectivity index (χ1) is 55.7. The number of amides is 4. The van der Waals surface area contributed by atoms with Gasteiger partial charge >= 0.3 is 59.2 Å². The van der Waals surface area contributed by atoms with Crippen molar-refractivity contribution in [3.8, 4) is 0 Å². The number of aromatic nitrogens is 7. The van der Waals surface area contributed by atoms with E-state index in [1.807, 2.05) is 36.4 Å². The minimum absolute atomic E-state index is 0. The number of carboxylic acid groups (broad SMARTS) is 1. The number of piperidine rings is 3. The van der Waals surface area contributed by atoms with Gasteiger partial charge in [0, 0.05) is 80.9 Å². The number of ether oxygens (including phenoxy) is 4. The van der Waals surface area contributed by atoms with Crippen LogP contribution in [0.5, 0.6) is 0 Å². The van der Waals surface area contributed by atoms with E-state index in [1.54, 1.807) is 123 Å². The van der Waals surface area contributed by atoms with Gasteiger partial charge < -0.3 is 68.4 Å². The van der Waals surface area contributed by atoms with Crippen molar-refractivity contribution in [3.05, 3.63) is 174 Å². The van der Waals surface area contributed by atoms with E-state index in [0.29, 0.717) is 91.8 Å². The van der Waals surface area contributed by atoms with Gasteiger partial charge in [-0.25, -0.2) is 39.7 Å². The zero-order valence-electron chi connectivity index (χ0n) is 69.9. The molecule has 0 bridgehead atoms. The van der Waals surface area contributed by atoms with Gasteiger partial charge in [-0.05, 0) is 208 Å². The number of benzene rings is 4. The molecule has 15 rings (SSSR count). The van der Waals surface area contributed by atoms with Crippen LogP contribution in [0.3, 0.4) is 0 Å². The molecule has 11 heterocycles. The maximum Gasteiger partial charge on any atom is 1.00 e. The van der Waals surface area contributed by atoms with Crippen molar-refractivity contribution in [1.82, 2.24) is 50.0 Å². The number of nitrogens with zero attached hydrogens (tertiary/aromatic N) is 10. The average molecular weight is 1690 g/mol. The normalized spacial score (nSPS) is 18.3. The first-order valence-corrected chi connectivity index (χ1v) is 42.0. The van der Waals surface area contributed by atoms with Gasteiger partial charge in [-0.2, -0.15) is 0 Å². The zero-order chi connectivity index (χ0) is 82.9. The number of aryl methyl sites for hydroxylation is 3. The molecule has 617 valence electrons. The van der Waals surface area contributed by atoms with Crippen molar-refractivity contribution in [1.29, 1.82) is 0 Å². The van der Waals surface area contributed by atoms with E-state index in [4.69, 9.17) is 46.2 Å². The number of anilines is 5. The molecule has 4 aliphatic rings. The summed E-state index contributed by atoms with van der Waals surface area (Å²) in [6.45, 7) is 19.4. The molecule has 4 aromatic carbocycles. The number of nitrogens with two attached hydrogens (primary N) is 3. The smallest absolute Gasteiger partial charge is 1.00 e. The molecule has 11 aromatic rings. The Kier molecular flexibility index (Phi) is 34.3. The SMILES string of the molecule is COCc1nc2cc(C3=NCC(C)CC3)ccc2s1.COCc1nc2cc([C@@H]3CC[C@@H](C)CN3)ccc2s1.COCc1nc2cc([C@@H]3CC[C@@H](C)CN3C(=O)C(=O)Nc3cnc(N)c(C)c3)ccc2s1.COCc1nc2cc([C@H]3CC[C@H](C)CN3C(=O)C(=O)Nc3cnc(N)c(C)c3)ccc2s1.Cc1cc(CC(=O)C(=O)O)cnc1N.[B].[H-].[Na+]. The maximum atomic E-state index is 13.2. The molecule has 118 heavy (non-hydrogen) atoms. The first kappa shape index (κ1) is 92.7. The molecular weight excluding hydrogens is 1580 g/mol. The van der Waals surface area contributed by atoms with Crippen molar-refractivity contribution < 1.29 is 83.8 Å². The van der Waals surface area contributed by atoms with Crippen molar-refractivity contribution in [2.45, 2.75) is 151 Å². The Balaban J connectivity index is 0.000000190. The summed E-state index contributed by atoms with van der Waals surface area (Å²) < 4.78 is 25.3. The summed E-state index contributed by atoms with van der Waals surface area (Å²) in [7, 11) is 6.72. The zero-order valence-corrected chi connectivity index (χ0v) is 74.2. The second-order valence-corrected chi connectivity index (χ2v) is 34.6. The van der Waals surface area contributed by atoms with E-state index in [0.717, 1.165) is 136 Å². The monoisotopic (exact) mass is 1690 g/mol. The van der Waals surface area contributed by atoms with Crippen LogP contribution < -0.4 is 62.7 Å². The number of hydrogen-bond donors (Lipinski definition) is 7. The summed E-state index contributed by atoms with van der Waals surface area (Å²) in [5.41, 5.74) is 30.4. The number of Topliss-reactive ketones (excluding diaryl/α,β-unsaturated/α-hetero) is 1. The van der Waals surface area contributed by atoms with Crippen LogP contribution >= 0.6 is 45.3 Å². The van der Waals surface area contributed by atoms with Gasteiger partial charge in [0.05, 0.1) is 103 Å². The van der Waals surface area contributed by atoms with Crippen molar-refractivity contribution >= 4 is 165 Å². The average Bonchev–Trinajstić information content (AvgIpc) is 0.858. The minimum atomic E-state index is -1.43. The second-order valence-electron chi connectivity index (χ2n) is 30.1. The fourth-order valence-electron chi connectivity index (χ4n) is 14.2. The third kappa shape index (κ3) is 24.8. The summed E-state index contributed by atoms with van der Waals surface area (Å²) in [6.07, 6.45) is 12.6. The van der Waals surface area contributed by atoms with Crippen molar-refractivity contribution in [2.24, 2.45) is 28.7 Å². The van der Waals surface area contributed by atoms with Gasteiger partial charge in [0.25, 0.3) is 0 Å². The number of nitrogens with one attached hydrogen (secondary N) is 3. The molecule has 0 aliphatic carbocycles. The van der Waals surface area contributed by atoms with Crippen molar-refractivity contribution in [3.63, 3.8) is 0 Å². The molecule has 33 heteroatoms. The van der Waals surface area contributed by atoms with E-state index in [-0.39, 0.29) is 57.9 Å². The Hall–Kier alpha value is -9.16. The molecule has 27 nitrogen and oxygen atoms in total. The van der Waals surface area contributed by atoms with Gasteiger partial charge in [-0.3, -0.25) is 29.0 Å². The Bertz CT molecular complexity index is 5190. The Labute approximate surface area is 728 Å². The predicted molar refractivity (Wildman–Crippen MR) is 467 cm³/mol. The molecule has 3 fully saturated rings. The first-order valence-electron chi connectivity index (χ1n) is 38.7. The van der Waals surface area contributed by atoms with Crippen LogP contribution in [0.15, 0.2) is 115 Å². The topological polar surface area (TPSA) is 383 Å². The number of methoxy groups -OCH3 is 4. The molecule has 7 aromatic heterocycles. The quantitative estimate of drug-likeness (QED) is 0.0329. The largest absolute Gasteiger partial charge is 1.00 e. The third-order valence-electron chi connectivity index (χ3n) is 20.6. The van der Waals surface area contributed by atoms with Crippen LogP contribution in [0.25, 0.3) is 40.9 Å². The third-order valence-corrected chi connectivity index (χ3v) is 24.6. The molecule has 0 spiro atoms. The van der Waals surface area contributed by atoms with E-state index in [9.17, 15) is 28.8 Å². The summed E-state index contributed by atoms with van der Waals surface area (Å²) in [6, 6.07) is 30.6. The number of carboxylic acids is 1. The molecule has 3 radical (unpaired) electrons. The number of rotatable bonds is 17. The second kappa shape index (κ2) is 43.7. The van der Waals surface area contributed by atoms with Gasteiger partial charge in [0.15, 0.2) is 0 Å². The Morgan fingerprint density at radius 2 is 0.907 bits per heavy atom. The summed E-state index contributed by atoms with van der Waals surface area (Å²) in [5, 5.41) is 21.3. The number of thiazole rings is 4. The number of nitrogen functional groups attached to an aromatic ring is 3. The van der Waals surface area contributed by atoms with Crippen LogP contribution in [0, 0.1) is 44.4 Å². The number of carbonyl (C=O) groups excluding carboxylic acids is 5. The van der Waals surface area contributed by atoms with E-state index in [1.165, 1.54) is 64.1 Å². The van der Waals surface area contributed by atoms with Crippen LogP contribution in [-0.2, 0) is 80.6 Å². The van der Waals surface area contributed by atoms with Crippen molar-refractivity contribution in [2.75, 3.05) is 82.5 Å². The Morgan fingerprint density at radius 3 is 1.30 bits per heavy atom. The number of hydrogen-bond acceptors (Lipinski definition) is 26. The molecule has 3 saturated heterocycles. The van der Waals surface area contributed by atoms with Gasteiger partial charge in [-0.1, -0.05) is 58.0 Å². The van der Waals surface area contributed by atoms with E-state index >= 15 is 0 Å². The van der Waals surface area contributed by atoms with Crippen LogP contribution in [0.1, 0.15) is 163 Å². The predicted octanol–water partition coefficient (Wildman–Crippen LogP) is 11.4. The number of carbonyl (C=O) groups is 6. The van der Waals surface area contributed by atoms with Gasteiger partial charge in [0.1, 0.15) is 37.5 Å².